The van der Waals surface area contributed by atoms with E-state index >= 15 is 0 Å². The average molecular weight is 265 g/mol. The maximum Gasteiger partial charge on any atom is 0.417 e. The molecule has 0 aliphatic rings. The normalized spacial score (nSPS) is 15.0. The molecule has 0 fully saturated rings. The first-order chi connectivity index (χ1) is 8.12. The lowest BCUT2D eigenvalue weighted by atomic mass is 10.0. The summed E-state index contributed by atoms with van der Waals surface area (Å²) in [4.78, 5) is 11.3. The van der Waals surface area contributed by atoms with Gasteiger partial charge < -0.3 is 10.4 Å². The molecule has 0 spiro atoms. The van der Waals surface area contributed by atoms with Crippen molar-refractivity contribution in [2.45, 2.75) is 25.1 Å². The van der Waals surface area contributed by atoms with E-state index in [0.717, 1.165) is 12.1 Å². The number of alkyl halides is 3. The van der Waals surface area contributed by atoms with Crippen LogP contribution in [-0.2, 0) is 4.79 Å². The second kappa shape index (κ2) is 4.93. The van der Waals surface area contributed by atoms with Gasteiger partial charge in [0.1, 0.15) is 5.82 Å². The van der Waals surface area contributed by atoms with Crippen LogP contribution in [0, 0.1) is 5.82 Å². The van der Waals surface area contributed by atoms with Crippen molar-refractivity contribution in [1.82, 2.24) is 0 Å². The highest BCUT2D eigenvalue weighted by Gasteiger charge is 2.50. The van der Waals surface area contributed by atoms with Crippen molar-refractivity contribution in [2.24, 2.45) is 0 Å². The van der Waals surface area contributed by atoms with Gasteiger partial charge in [0.15, 0.2) is 5.60 Å². The number of amides is 1. The zero-order valence-electron chi connectivity index (χ0n) is 9.38. The predicted molar refractivity (Wildman–Crippen MR) is 56.3 cm³/mol. The van der Waals surface area contributed by atoms with E-state index in [4.69, 9.17) is 5.11 Å². The van der Waals surface area contributed by atoms with Crippen molar-refractivity contribution >= 4 is 11.6 Å². The van der Waals surface area contributed by atoms with Crippen molar-refractivity contribution in [1.29, 1.82) is 0 Å². The van der Waals surface area contributed by atoms with Crippen molar-refractivity contribution < 1.29 is 27.5 Å². The molecule has 0 saturated heterocycles. The van der Waals surface area contributed by atoms with Crippen LogP contribution < -0.4 is 5.32 Å². The molecule has 0 aromatic heterocycles. The molecule has 1 aromatic rings. The van der Waals surface area contributed by atoms with Gasteiger partial charge in [-0.25, -0.2) is 4.39 Å². The fourth-order valence-corrected chi connectivity index (χ4v) is 1.18. The minimum atomic E-state index is -4.91. The van der Waals surface area contributed by atoms with Crippen LogP contribution in [-0.4, -0.2) is 22.8 Å². The molecule has 3 nitrogen and oxygen atoms in total. The Balaban J connectivity index is 2.68. The lowest BCUT2D eigenvalue weighted by Crippen LogP contribution is -2.44. The second-order valence-electron chi connectivity index (χ2n) is 4.01. The third-order valence-corrected chi connectivity index (χ3v) is 2.22. The summed E-state index contributed by atoms with van der Waals surface area (Å²) >= 11 is 0. The number of halogens is 4. The number of hydrogen-bond donors (Lipinski definition) is 2. The lowest BCUT2D eigenvalue weighted by Gasteiger charge is -2.25. The van der Waals surface area contributed by atoms with E-state index in [1.54, 1.807) is 0 Å². The molecule has 18 heavy (non-hydrogen) atoms. The smallest absolute Gasteiger partial charge is 0.380 e. The number of anilines is 1. The van der Waals surface area contributed by atoms with Gasteiger partial charge in [-0.15, -0.1) is 0 Å². The first-order valence-corrected chi connectivity index (χ1v) is 4.96. The van der Waals surface area contributed by atoms with E-state index in [9.17, 15) is 22.4 Å². The highest BCUT2D eigenvalue weighted by atomic mass is 19.4. The molecular weight excluding hydrogens is 254 g/mol. The Hall–Kier alpha value is -1.63. The fraction of sp³-hybridized carbons (Fsp3) is 0.364. The van der Waals surface area contributed by atoms with Crippen molar-refractivity contribution in [3.05, 3.63) is 30.1 Å². The number of aliphatic hydroxyl groups is 1. The number of rotatable bonds is 3. The van der Waals surface area contributed by atoms with E-state index < -0.39 is 29.9 Å². The zero-order valence-corrected chi connectivity index (χ0v) is 9.38. The lowest BCUT2D eigenvalue weighted by molar-refractivity contribution is -0.252. The van der Waals surface area contributed by atoms with Crippen LogP contribution in [0.2, 0.25) is 0 Å². The van der Waals surface area contributed by atoms with Crippen LogP contribution in [0.1, 0.15) is 13.3 Å². The summed E-state index contributed by atoms with van der Waals surface area (Å²) in [5.41, 5.74) is -3.09. The first-order valence-electron chi connectivity index (χ1n) is 4.96. The van der Waals surface area contributed by atoms with Gasteiger partial charge in [0.2, 0.25) is 5.91 Å². The van der Waals surface area contributed by atoms with Crippen molar-refractivity contribution in [2.75, 3.05) is 5.32 Å². The van der Waals surface area contributed by atoms with Crippen LogP contribution in [0.25, 0.3) is 0 Å². The maximum absolute atomic E-state index is 12.8. The molecule has 1 rings (SSSR count). The summed E-state index contributed by atoms with van der Waals surface area (Å²) in [5.74, 6) is -1.68. The molecule has 0 radical (unpaired) electrons. The Morgan fingerprint density at radius 2 is 2.00 bits per heavy atom. The highest BCUT2D eigenvalue weighted by Crippen LogP contribution is 2.32. The quantitative estimate of drug-likeness (QED) is 0.825. The monoisotopic (exact) mass is 265 g/mol. The molecule has 0 saturated carbocycles. The number of hydrogen-bond acceptors (Lipinski definition) is 2. The van der Waals surface area contributed by atoms with Gasteiger partial charge in [0.25, 0.3) is 0 Å². The van der Waals surface area contributed by atoms with Gasteiger partial charge in [0.05, 0.1) is 6.42 Å². The third-order valence-electron chi connectivity index (χ3n) is 2.22. The first kappa shape index (κ1) is 14.4. The molecule has 0 aliphatic carbocycles. The minimum Gasteiger partial charge on any atom is -0.380 e. The van der Waals surface area contributed by atoms with Crippen molar-refractivity contribution in [3.8, 4) is 0 Å². The summed E-state index contributed by atoms with van der Waals surface area (Å²) in [6.45, 7) is 0.498. The number of carbonyl (C=O) groups excluding carboxylic acids is 1. The molecule has 0 unspecified atom stereocenters. The fourth-order valence-electron chi connectivity index (χ4n) is 1.18. The Morgan fingerprint density at radius 1 is 1.39 bits per heavy atom. The Morgan fingerprint density at radius 3 is 2.50 bits per heavy atom. The standard InChI is InChI=1S/C11H11F4NO2/c1-10(18,11(13,14)15)6-9(17)16-8-4-2-3-7(12)5-8/h2-5,18H,6H2,1H3,(H,16,17)/t10-/m0/s1. The van der Waals surface area contributed by atoms with Crippen LogP contribution in [0.5, 0.6) is 0 Å². The topological polar surface area (TPSA) is 49.3 Å². The number of nitrogens with one attached hydrogen (secondary N) is 1. The van der Waals surface area contributed by atoms with E-state index in [0.29, 0.717) is 6.92 Å². The van der Waals surface area contributed by atoms with E-state index in [-0.39, 0.29) is 5.69 Å². The molecule has 7 heteroatoms. The molecule has 100 valence electrons. The summed E-state index contributed by atoms with van der Waals surface area (Å²) < 4.78 is 49.7. The van der Waals surface area contributed by atoms with Crippen LogP contribution in [0.4, 0.5) is 23.2 Å². The van der Waals surface area contributed by atoms with E-state index in [2.05, 4.69) is 5.32 Å². The van der Waals surface area contributed by atoms with Crippen LogP contribution >= 0.6 is 0 Å². The van der Waals surface area contributed by atoms with Crippen LogP contribution in [0.15, 0.2) is 24.3 Å². The Kier molecular flexibility index (Phi) is 3.95. The predicted octanol–water partition coefficient (Wildman–Crippen LogP) is 2.47. The van der Waals surface area contributed by atoms with Crippen LogP contribution in [0.3, 0.4) is 0 Å². The molecule has 1 aromatic carbocycles. The van der Waals surface area contributed by atoms with Gasteiger partial charge in [-0.05, 0) is 25.1 Å². The number of carbonyl (C=O) groups is 1. The summed E-state index contributed by atoms with van der Waals surface area (Å²) in [6, 6.07) is 4.71. The van der Waals surface area contributed by atoms with Gasteiger partial charge in [-0.1, -0.05) is 6.07 Å². The molecule has 1 atom stereocenters. The SMILES string of the molecule is C[C@](O)(CC(=O)Nc1cccc(F)c1)C(F)(F)F. The maximum atomic E-state index is 12.8. The van der Waals surface area contributed by atoms with E-state index in [1.807, 2.05) is 0 Å². The summed E-state index contributed by atoms with van der Waals surface area (Å²) in [7, 11) is 0. The Labute approximate surface area is 100 Å². The second-order valence-corrected chi connectivity index (χ2v) is 4.01. The van der Waals surface area contributed by atoms with E-state index in [1.165, 1.54) is 12.1 Å². The zero-order chi connectivity index (χ0) is 14.0. The third kappa shape index (κ3) is 3.69. The molecular formula is C11H11F4NO2. The Bertz CT molecular complexity index is 443. The molecule has 0 heterocycles. The minimum absolute atomic E-state index is 0.0259. The molecule has 0 bridgehead atoms. The van der Waals surface area contributed by atoms with Gasteiger partial charge in [-0.2, -0.15) is 13.2 Å². The molecule has 2 N–H and O–H groups in total. The highest BCUT2D eigenvalue weighted by molar-refractivity contribution is 5.91. The molecule has 0 aliphatic heterocycles. The van der Waals surface area contributed by atoms with Gasteiger partial charge >= 0.3 is 6.18 Å². The van der Waals surface area contributed by atoms with Gasteiger partial charge in [0, 0.05) is 5.69 Å². The largest absolute Gasteiger partial charge is 0.417 e. The molecule has 1 amide bonds. The average Bonchev–Trinajstić information content (AvgIpc) is 2.14. The number of benzene rings is 1. The van der Waals surface area contributed by atoms with Gasteiger partial charge in [-0.3, -0.25) is 4.79 Å². The summed E-state index contributed by atoms with van der Waals surface area (Å²) in [5, 5.41) is 11.2. The summed E-state index contributed by atoms with van der Waals surface area (Å²) in [6.07, 6.45) is -6.07. The van der Waals surface area contributed by atoms with Crippen molar-refractivity contribution in [3.63, 3.8) is 0 Å².